The molecule has 25 heteroatoms. The molecule has 1 aromatic heterocycles. The summed E-state index contributed by atoms with van der Waals surface area (Å²) >= 11 is 0. The molecule has 1 aliphatic rings. The number of hydrogen-bond acceptors (Lipinski definition) is 6. The highest BCUT2D eigenvalue weighted by molar-refractivity contribution is 5.14. The van der Waals surface area contributed by atoms with Gasteiger partial charge in [-0.15, -0.1) is 0 Å². The van der Waals surface area contributed by atoms with E-state index < -0.39 is 90.2 Å². The number of alkyl halides is 17. The second-order valence-electron chi connectivity index (χ2n) is 8.30. The topological polar surface area (TPSA) is 114 Å². The zero-order valence-electron chi connectivity index (χ0n) is 19.1. The number of rotatable bonds is 10. The maximum atomic E-state index is 14.3. The summed E-state index contributed by atoms with van der Waals surface area (Å²) in [5.74, 6) is -51.7. The van der Waals surface area contributed by atoms with Crippen molar-refractivity contribution in [2.45, 2.75) is 72.4 Å². The number of ether oxygens (including phenoxy) is 2. The van der Waals surface area contributed by atoms with Crippen molar-refractivity contribution in [3.8, 4) is 0 Å². The molecule has 244 valence electrons. The molecular formula is C17H11F17N2O6. The van der Waals surface area contributed by atoms with Gasteiger partial charge in [-0.1, -0.05) is 0 Å². The minimum Gasteiger partial charge on any atom is -0.394 e. The lowest BCUT2D eigenvalue weighted by Crippen LogP contribution is -2.74. The first-order valence-corrected chi connectivity index (χ1v) is 10.1. The van der Waals surface area contributed by atoms with Crippen LogP contribution in [0.25, 0.3) is 0 Å². The minimum atomic E-state index is -8.86. The van der Waals surface area contributed by atoms with Crippen molar-refractivity contribution in [3.63, 3.8) is 0 Å². The van der Waals surface area contributed by atoms with Gasteiger partial charge in [-0.2, -0.15) is 74.6 Å². The number of H-pyrrole nitrogens is 1. The van der Waals surface area contributed by atoms with Crippen LogP contribution in [0.4, 0.5) is 74.6 Å². The van der Waals surface area contributed by atoms with Crippen LogP contribution in [-0.2, 0) is 9.47 Å². The number of hydrogen-bond donors (Lipinski definition) is 3. The highest BCUT2D eigenvalue weighted by atomic mass is 19.4. The standard InChI is InChI=1S/C17H11F17N2O6/c18-10(19,12(22,23)14(26,27)16(30,31)32)11(20,21)13(24,25)15(28,29)17(33,34)42-7-6(39)4(3-37)41-8(7)36-2-1-5(38)35-9(36)40/h1-2,4,6-8,37,39H,3H2,(H,35,38,40)/t4-,6+,7?,8-/m1/s1. The van der Waals surface area contributed by atoms with Crippen molar-refractivity contribution in [1.29, 1.82) is 0 Å². The maximum absolute atomic E-state index is 14.3. The molecular weight excluding hydrogens is 651 g/mol. The van der Waals surface area contributed by atoms with E-state index in [2.05, 4.69) is 9.47 Å². The van der Waals surface area contributed by atoms with Crippen molar-refractivity contribution in [1.82, 2.24) is 9.55 Å². The monoisotopic (exact) mass is 662 g/mol. The Bertz CT molecular complexity index is 1260. The molecule has 2 rings (SSSR count). The summed E-state index contributed by atoms with van der Waals surface area (Å²) in [4.78, 5) is 24.4. The number of aromatic amines is 1. The quantitative estimate of drug-likeness (QED) is 0.332. The number of nitrogens with one attached hydrogen (secondary N) is 1. The zero-order valence-corrected chi connectivity index (χ0v) is 19.1. The summed E-state index contributed by atoms with van der Waals surface area (Å²) in [7, 11) is 0. The molecule has 4 atom stereocenters. The molecule has 1 unspecified atom stereocenters. The number of halogens is 17. The second kappa shape index (κ2) is 10.2. The molecule has 0 aliphatic carbocycles. The van der Waals surface area contributed by atoms with E-state index >= 15 is 0 Å². The first kappa shape index (κ1) is 35.5. The van der Waals surface area contributed by atoms with Crippen molar-refractivity contribution < 1.29 is 94.3 Å². The van der Waals surface area contributed by atoms with Crippen LogP contribution in [-0.4, -0.2) is 92.5 Å². The van der Waals surface area contributed by atoms with Gasteiger partial charge in [-0.25, -0.2) is 4.79 Å². The summed E-state index contributed by atoms with van der Waals surface area (Å²) in [6.45, 7) is -1.49. The Balaban J connectivity index is 2.61. The average Bonchev–Trinajstić information content (AvgIpc) is 3.12. The summed E-state index contributed by atoms with van der Waals surface area (Å²) in [6.07, 6.45) is -26.3. The lowest BCUT2D eigenvalue weighted by molar-refractivity contribution is -0.481. The Morgan fingerprint density at radius 3 is 1.60 bits per heavy atom. The molecule has 0 spiro atoms. The Morgan fingerprint density at radius 2 is 1.19 bits per heavy atom. The van der Waals surface area contributed by atoms with Crippen LogP contribution in [0.1, 0.15) is 6.23 Å². The van der Waals surface area contributed by atoms with E-state index in [-0.39, 0.29) is 10.8 Å². The Hall–Kier alpha value is -2.67. The Kier molecular flexibility index (Phi) is 8.64. The van der Waals surface area contributed by atoms with Crippen molar-refractivity contribution in [2.75, 3.05) is 6.61 Å². The van der Waals surface area contributed by atoms with E-state index in [9.17, 15) is 89.3 Å². The second-order valence-corrected chi connectivity index (χ2v) is 8.30. The highest BCUT2D eigenvalue weighted by Crippen LogP contribution is 2.64. The van der Waals surface area contributed by atoms with E-state index in [0.717, 1.165) is 0 Å². The molecule has 2 heterocycles. The van der Waals surface area contributed by atoms with Gasteiger partial charge < -0.3 is 19.7 Å². The number of nitrogens with zero attached hydrogens (tertiary/aromatic N) is 1. The molecule has 0 amide bonds. The van der Waals surface area contributed by atoms with Gasteiger partial charge in [-0.05, 0) is 0 Å². The molecule has 8 nitrogen and oxygen atoms in total. The molecule has 0 aromatic carbocycles. The third-order valence-corrected chi connectivity index (χ3v) is 5.60. The fraction of sp³-hybridized carbons (Fsp3) is 0.765. The molecule has 0 bridgehead atoms. The van der Waals surface area contributed by atoms with Crippen LogP contribution in [0.5, 0.6) is 0 Å². The predicted octanol–water partition coefficient (Wildman–Crippen LogP) is 3.14. The summed E-state index contributed by atoms with van der Waals surface area (Å²) in [5, 5.41) is 19.0. The SMILES string of the molecule is O=c1ccn([C@@H]2O[C@H](CO)[C@H](O)C2OC(F)(F)C(F)(F)C(F)(F)C(F)(F)C(F)(F)C(F)(F)C(F)(F)C(F)(F)F)c(=O)[nH]1. The van der Waals surface area contributed by atoms with Gasteiger partial charge in [0.2, 0.25) is 0 Å². The van der Waals surface area contributed by atoms with Crippen LogP contribution in [0, 0.1) is 0 Å². The maximum Gasteiger partial charge on any atom is 0.460 e. The zero-order chi connectivity index (χ0) is 33.3. The lowest BCUT2D eigenvalue weighted by atomic mass is 9.90. The molecule has 0 saturated carbocycles. The molecule has 1 saturated heterocycles. The molecule has 1 aromatic rings. The van der Waals surface area contributed by atoms with Gasteiger partial charge >= 0.3 is 53.5 Å². The van der Waals surface area contributed by atoms with Crippen LogP contribution >= 0.6 is 0 Å². The lowest BCUT2D eigenvalue weighted by Gasteiger charge is -2.43. The first-order valence-electron chi connectivity index (χ1n) is 10.1. The van der Waals surface area contributed by atoms with E-state index in [4.69, 9.17) is 5.11 Å². The van der Waals surface area contributed by atoms with Crippen molar-refractivity contribution in [2.24, 2.45) is 0 Å². The van der Waals surface area contributed by atoms with E-state index in [0.29, 0.717) is 6.07 Å². The van der Waals surface area contributed by atoms with E-state index in [1.54, 1.807) is 0 Å². The van der Waals surface area contributed by atoms with Gasteiger partial charge in [0.05, 0.1) is 6.61 Å². The van der Waals surface area contributed by atoms with Gasteiger partial charge in [-0.3, -0.25) is 14.3 Å². The fourth-order valence-electron chi connectivity index (χ4n) is 3.24. The molecule has 0 radical (unpaired) electrons. The number of aliphatic hydroxyl groups excluding tert-OH is 2. The third kappa shape index (κ3) is 4.89. The highest BCUT2D eigenvalue weighted by Gasteiger charge is 2.95. The van der Waals surface area contributed by atoms with E-state index in [1.165, 1.54) is 4.98 Å². The van der Waals surface area contributed by atoms with Crippen LogP contribution in [0.15, 0.2) is 21.9 Å². The molecule has 42 heavy (non-hydrogen) atoms. The van der Waals surface area contributed by atoms with Gasteiger partial charge in [0.1, 0.15) is 18.3 Å². The van der Waals surface area contributed by atoms with Crippen molar-refractivity contribution in [3.05, 3.63) is 33.1 Å². The van der Waals surface area contributed by atoms with E-state index in [1.807, 2.05) is 0 Å². The Morgan fingerprint density at radius 1 is 0.762 bits per heavy atom. The third-order valence-electron chi connectivity index (χ3n) is 5.60. The largest absolute Gasteiger partial charge is 0.460 e. The van der Waals surface area contributed by atoms with Crippen molar-refractivity contribution >= 4 is 0 Å². The van der Waals surface area contributed by atoms with Crippen LogP contribution in [0.3, 0.4) is 0 Å². The smallest absolute Gasteiger partial charge is 0.394 e. The van der Waals surface area contributed by atoms with Gasteiger partial charge in [0.15, 0.2) is 6.23 Å². The predicted molar refractivity (Wildman–Crippen MR) is 93.9 cm³/mol. The van der Waals surface area contributed by atoms with Gasteiger partial charge in [0, 0.05) is 12.3 Å². The summed E-state index contributed by atoms with van der Waals surface area (Å²) < 4.78 is 236. The number of aliphatic hydroxyl groups is 2. The summed E-state index contributed by atoms with van der Waals surface area (Å²) in [5.41, 5.74) is -2.95. The fourth-order valence-corrected chi connectivity index (χ4v) is 3.24. The molecule has 3 N–H and O–H groups in total. The summed E-state index contributed by atoms with van der Waals surface area (Å²) in [6, 6.07) is 0.376. The minimum absolute atomic E-state index is 0.111. The molecule has 1 fully saturated rings. The average molecular weight is 662 g/mol. The first-order chi connectivity index (χ1) is 18.5. The number of aromatic nitrogens is 2. The van der Waals surface area contributed by atoms with Gasteiger partial charge in [0.25, 0.3) is 5.56 Å². The van der Waals surface area contributed by atoms with Crippen LogP contribution in [0.2, 0.25) is 0 Å². The van der Waals surface area contributed by atoms with Crippen LogP contribution < -0.4 is 11.2 Å². The normalized spacial score (nSPS) is 23.9. The Labute approximate surface area is 217 Å². The molecule has 1 aliphatic heterocycles.